The van der Waals surface area contributed by atoms with E-state index in [-0.39, 0.29) is 41.9 Å². The van der Waals surface area contributed by atoms with Crippen LogP contribution >= 0.6 is 22.7 Å². The Labute approximate surface area is 357 Å². The first kappa shape index (κ1) is 42.5. The molecule has 4 aromatic carbocycles. The lowest BCUT2D eigenvalue weighted by molar-refractivity contribution is 0.0946. The maximum atomic E-state index is 13.3. The number of hydrogen-bond acceptors (Lipinski definition) is 10. The van der Waals surface area contributed by atoms with Crippen LogP contribution in [0.1, 0.15) is 41.9 Å². The Morgan fingerprint density at radius 3 is 1.52 bits per heavy atom. The van der Waals surface area contributed by atoms with Gasteiger partial charge in [0.2, 0.25) is 0 Å². The minimum Gasteiger partial charge on any atom is -0.371 e. The fourth-order valence-corrected chi connectivity index (χ4v) is 8.57. The Morgan fingerprint density at radius 1 is 0.672 bits per heavy atom. The second kappa shape index (κ2) is 18.8. The van der Waals surface area contributed by atoms with Crippen LogP contribution in [-0.4, -0.2) is 71.6 Å². The summed E-state index contributed by atoms with van der Waals surface area (Å²) in [7, 11) is 1.51. The number of aliphatic hydroxyl groups excluding tert-OH is 1. The summed E-state index contributed by atoms with van der Waals surface area (Å²) in [6.07, 6.45) is -1.71. The van der Waals surface area contributed by atoms with Crippen LogP contribution in [0, 0.1) is 25.5 Å². The highest BCUT2D eigenvalue weighted by atomic mass is 32.1. The Bertz CT molecular complexity index is 2510. The van der Waals surface area contributed by atoms with E-state index in [1.807, 2.05) is 60.7 Å². The normalized spacial score (nSPS) is 16.2. The number of carbonyl (C=O) groups excluding carboxylic acids is 4. The molecule has 2 atom stereocenters. The van der Waals surface area contributed by atoms with E-state index in [2.05, 4.69) is 20.6 Å². The lowest BCUT2D eigenvalue weighted by Gasteiger charge is -2.18. The molecule has 2 unspecified atom stereocenters. The van der Waals surface area contributed by atoms with Gasteiger partial charge in [-0.1, -0.05) is 83.3 Å². The average Bonchev–Trinajstić information content (AvgIpc) is 4.02. The van der Waals surface area contributed by atoms with Crippen LogP contribution in [0.2, 0.25) is 0 Å². The van der Waals surface area contributed by atoms with Crippen molar-refractivity contribution in [2.24, 2.45) is 0 Å². The van der Waals surface area contributed by atoms with Crippen LogP contribution in [0.25, 0.3) is 0 Å². The first-order valence-corrected chi connectivity index (χ1v) is 20.6. The molecule has 2 saturated heterocycles. The number of aryl methyl sites for hydroxylation is 2. The lowest BCUT2D eigenvalue weighted by Crippen LogP contribution is -2.35. The molecule has 0 spiro atoms. The zero-order valence-electron chi connectivity index (χ0n) is 33.1. The third kappa shape index (κ3) is 9.57. The number of benzene rings is 4. The summed E-state index contributed by atoms with van der Waals surface area (Å²) in [6, 6.07) is 29.4. The predicted molar refractivity (Wildman–Crippen MR) is 229 cm³/mol. The molecule has 0 radical (unpaired) electrons. The maximum Gasteiger partial charge on any atom is 0.333 e. The van der Waals surface area contributed by atoms with Crippen LogP contribution in [0.3, 0.4) is 0 Å². The van der Waals surface area contributed by atoms with Crippen molar-refractivity contribution in [3.8, 4) is 0 Å². The van der Waals surface area contributed by atoms with Crippen LogP contribution in [0.15, 0.2) is 109 Å². The SMILES string of the molecule is COC1CN(c2ccc(F)cc2)C(=O)N1c1nc(C)c(C(=O)NCc2ccccc2)s1.Cc1nc(N2C(=O)N(c3ccc(F)cc3)CC2O)sc1C(=O)NCc1ccccc1. The number of hydrogen-bond donors (Lipinski definition) is 3. The average molecular weight is 867 g/mol. The minimum absolute atomic E-state index is 0.0125. The molecule has 0 aliphatic carbocycles. The zero-order chi connectivity index (χ0) is 43.2. The molecule has 2 aromatic heterocycles. The molecule has 314 valence electrons. The first-order chi connectivity index (χ1) is 29.4. The molecule has 6 aromatic rings. The largest absolute Gasteiger partial charge is 0.371 e. The molecule has 8 rings (SSSR count). The van der Waals surface area contributed by atoms with Gasteiger partial charge in [0.1, 0.15) is 21.4 Å². The summed E-state index contributed by atoms with van der Waals surface area (Å²) in [6.45, 7) is 4.46. The van der Waals surface area contributed by atoms with E-state index in [0.29, 0.717) is 50.7 Å². The van der Waals surface area contributed by atoms with E-state index in [4.69, 9.17) is 4.74 Å². The molecule has 61 heavy (non-hydrogen) atoms. The van der Waals surface area contributed by atoms with Crippen molar-refractivity contribution in [3.05, 3.63) is 153 Å². The van der Waals surface area contributed by atoms with E-state index in [9.17, 15) is 33.1 Å². The Morgan fingerprint density at radius 2 is 1.08 bits per heavy atom. The second-order valence-electron chi connectivity index (χ2n) is 13.8. The molecule has 3 N–H and O–H groups in total. The monoisotopic (exact) mass is 866 g/mol. The number of urea groups is 2. The number of nitrogens with zero attached hydrogens (tertiary/aromatic N) is 6. The number of nitrogens with one attached hydrogen (secondary N) is 2. The first-order valence-electron chi connectivity index (χ1n) is 18.9. The number of aromatic nitrogens is 2. The number of methoxy groups -OCH3 is 1. The highest BCUT2D eigenvalue weighted by Gasteiger charge is 2.42. The van der Waals surface area contributed by atoms with Gasteiger partial charge in [-0.2, -0.15) is 0 Å². The van der Waals surface area contributed by atoms with Crippen molar-refractivity contribution in [2.75, 3.05) is 39.8 Å². The Kier molecular flexibility index (Phi) is 13.1. The van der Waals surface area contributed by atoms with Crippen molar-refractivity contribution in [3.63, 3.8) is 0 Å². The highest BCUT2D eigenvalue weighted by Crippen LogP contribution is 2.35. The van der Waals surface area contributed by atoms with Crippen molar-refractivity contribution in [2.45, 2.75) is 39.4 Å². The van der Waals surface area contributed by atoms with Gasteiger partial charge in [-0.3, -0.25) is 19.4 Å². The van der Waals surface area contributed by atoms with Crippen LogP contribution < -0.4 is 30.2 Å². The molecule has 18 heteroatoms. The Hall–Kier alpha value is -6.60. The van der Waals surface area contributed by atoms with Gasteiger partial charge in [0, 0.05) is 31.6 Å². The van der Waals surface area contributed by atoms with Gasteiger partial charge < -0.3 is 20.5 Å². The standard InChI is InChI=1S/C22H21FN4O3S.C21H19FN4O3S/c1-14-19(20(28)24-12-15-6-4-3-5-7-15)31-21(25-14)27-18(30-2)13-26(22(27)29)17-10-8-16(23)9-11-17;1-13-18(19(28)23-11-14-5-3-2-4-6-14)30-20(24-13)26-17(27)12-25(21(26)29)16-9-7-15(22)8-10-16/h3-11,18H,12-13H2,1-2H3,(H,24,28);2-10,17,27H,11-12H2,1H3,(H,23,28). The van der Waals surface area contributed by atoms with Gasteiger partial charge in [0.25, 0.3) is 11.8 Å². The van der Waals surface area contributed by atoms with Crippen LogP contribution in [0.5, 0.6) is 0 Å². The molecule has 2 aliphatic rings. The number of thiazole rings is 2. The van der Waals surface area contributed by atoms with E-state index in [1.54, 1.807) is 26.0 Å². The molecule has 0 saturated carbocycles. The van der Waals surface area contributed by atoms with Gasteiger partial charge in [0.05, 0.1) is 24.5 Å². The number of anilines is 4. The topological polar surface area (TPSA) is 161 Å². The predicted octanol–water partition coefficient (Wildman–Crippen LogP) is 7.23. The smallest absolute Gasteiger partial charge is 0.333 e. The summed E-state index contributed by atoms with van der Waals surface area (Å²) >= 11 is 2.18. The third-order valence-corrected chi connectivity index (χ3v) is 12.0. The number of ether oxygens (including phenoxy) is 1. The molecule has 6 amide bonds. The number of β-amino-alcohol motifs (C(OH)–C–C–N with tert-alkyl or cyclic N) is 1. The summed E-state index contributed by atoms with van der Waals surface area (Å²) in [4.78, 5) is 66.3. The van der Waals surface area contributed by atoms with Crippen LogP contribution in [-0.2, 0) is 17.8 Å². The Balaban J connectivity index is 0.000000184. The van der Waals surface area contributed by atoms with Gasteiger partial charge in [0.15, 0.2) is 22.7 Å². The van der Waals surface area contributed by atoms with Gasteiger partial charge in [-0.25, -0.2) is 38.1 Å². The maximum absolute atomic E-state index is 13.3. The number of carbonyl (C=O) groups is 4. The molecule has 14 nitrogen and oxygen atoms in total. The summed E-state index contributed by atoms with van der Waals surface area (Å²) in [5.41, 5.74) is 3.99. The van der Waals surface area contributed by atoms with Gasteiger partial charge in [-0.05, 0) is 73.5 Å². The van der Waals surface area contributed by atoms with Gasteiger partial charge >= 0.3 is 12.1 Å². The zero-order valence-corrected chi connectivity index (χ0v) is 34.8. The summed E-state index contributed by atoms with van der Waals surface area (Å²) < 4.78 is 31.9. The van der Waals surface area contributed by atoms with E-state index in [1.165, 1.54) is 58.2 Å². The fraction of sp³-hybridized carbons (Fsp3) is 0.209. The molecular weight excluding hydrogens is 827 g/mol. The van der Waals surface area contributed by atoms with Crippen LogP contribution in [0.4, 0.5) is 40.0 Å². The molecule has 4 heterocycles. The number of rotatable bonds is 11. The summed E-state index contributed by atoms with van der Waals surface area (Å²) in [5, 5.41) is 16.8. The third-order valence-electron chi connectivity index (χ3n) is 9.68. The van der Waals surface area contributed by atoms with E-state index in [0.717, 1.165) is 38.7 Å². The minimum atomic E-state index is -1.13. The molecule has 2 fully saturated rings. The molecule has 2 aliphatic heterocycles. The lowest BCUT2D eigenvalue weighted by atomic mass is 10.2. The number of amides is 6. The van der Waals surface area contributed by atoms with E-state index < -0.39 is 24.3 Å². The molecular formula is C43H40F2N8O6S2. The fourth-order valence-electron chi connectivity index (χ4n) is 6.53. The second-order valence-corrected chi connectivity index (χ2v) is 15.8. The van der Waals surface area contributed by atoms with Crippen molar-refractivity contribution in [1.82, 2.24) is 20.6 Å². The van der Waals surface area contributed by atoms with E-state index >= 15 is 0 Å². The van der Waals surface area contributed by atoms with Crippen molar-refractivity contribution in [1.29, 1.82) is 0 Å². The quantitative estimate of drug-likeness (QED) is 0.123. The van der Waals surface area contributed by atoms with Crippen molar-refractivity contribution >= 4 is 68.2 Å². The number of halogens is 2. The number of aliphatic hydroxyl groups is 1. The van der Waals surface area contributed by atoms with Crippen molar-refractivity contribution < 1.29 is 37.8 Å². The summed E-state index contributed by atoms with van der Waals surface area (Å²) in [5.74, 6) is -1.33. The van der Waals surface area contributed by atoms with Gasteiger partial charge in [-0.15, -0.1) is 0 Å². The molecule has 0 bridgehead atoms. The highest BCUT2D eigenvalue weighted by molar-refractivity contribution is 7.18.